The minimum Gasteiger partial charge on any atom is -0.428 e. The van der Waals surface area contributed by atoms with Crippen molar-refractivity contribution in [2.75, 3.05) is 0 Å². The molecule has 1 atom stereocenters. The van der Waals surface area contributed by atoms with Gasteiger partial charge in [-0.15, -0.1) is 0 Å². The van der Waals surface area contributed by atoms with Gasteiger partial charge >= 0.3 is 12.1 Å². The first-order valence-corrected chi connectivity index (χ1v) is 6.02. The van der Waals surface area contributed by atoms with Crippen LogP contribution in [0.25, 0.3) is 0 Å². The van der Waals surface area contributed by atoms with E-state index < -0.39 is 23.8 Å². The summed E-state index contributed by atoms with van der Waals surface area (Å²) in [6.07, 6.45) is -1.08. The van der Waals surface area contributed by atoms with Crippen LogP contribution in [-0.4, -0.2) is 17.7 Å². The van der Waals surface area contributed by atoms with Gasteiger partial charge in [-0.05, 0) is 26.3 Å². The molecule has 1 unspecified atom stereocenters. The Balaban J connectivity index is 2.46. The zero-order chi connectivity index (χ0) is 14.5. The summed E-state index contributed by atoms with van der Waals surface area (Å²) in [4.78, 5) is 22.8. The highest BCUT2D eigenvalue weighted by atomic mass is 16.7. The topological polar surface area (TPSA) is 78.6 Å². The minimum absolute atomic E-state index is 0.0801. The molecular formula is C14H19NO4. The smallest absolute Gasteiger partial charge is 0.428 e. The van der Waals surface area contributed by atoms with Gasteiger partial charge in [0, 0.05) is 6.04 Å². The van der Waals surface area contributed by atoms with Crippen LogP contribution in [0.3, 0.4) is 0 Å². The molecule has 0 aliphatic heterocycles. The second kappa shape index (κ2) is 6.33. The Labute approximate surface area is 112 Å². The predicted octanol–water partition coefficient (Wildman–Crippen LogP) is 2.55. The molecule has 1 aromatic carbocycles. The van der Waals surface area contributed by atoms with E-state index in [1.807, 2.05) is 30.3 Å². The number of carbonyl (C=O) groups excluding carboxylic acids is 2. The highest BCUT2D eigenvalue weighted by Gasteiger charge is 2.21. The minimum atomic E-state index is -1.00. The summed E-state index contributed by atoms with van der Waals surface area (Å²) >= 11 is 0. The molecule has 2 N–H and O–H groups in total. The molecule has 0 saturated carbocycles. The number of benzene rings is 1. The summed E-state index contributed by atoms with van der Waals surface area (Å²) < 4.78 is 9.41. The zero-order valence-corrected chi connectivity index (χ0v) is 11.4. The molecule has 0 aliphatic carbocycles. The largest absolute Gasteiger partial charge is 0.516 e. The van der Waals surface area contributed by atoms with Crippen molar-refractivity contribution in [1.82, 2.24) is 0 Å². The number of nitrogens with two attached hydrogens (primary N) is 1. The summed E-state index contributed by atoms with van der Waals surface area (Å²) in [6.45, 7) is 5.07. The first-order valence-electron chi connectivity index (χ1n) is 6.02. The number of rotatable bonds is 3. The molecule has 0 spiro atoms. The summed E-state index contributed by atoms with van der Waals surface area (Å²) in [5.74, 6) is -0.703. The Morgan fingerprint density at radius 2 is 1.79 bits per heavy atom. The molecule has 19 heavy (non-hydrogen) atoms. The van der Waals surface area contributed by atoms with Crippen molar-refractivity contribution >= 4 is 12.1 Å². The molecule has 1 aromatic rings. The molecule has 1 rings (SSSR count). The van der Waals surface area contributed by atoms with Crippen LogP contribution in [0, 0.1) is 0 Å². The van der Waals surface area contributed by atoms with Crippen molar-refractivity contribution in [3.63, 3.8) is 0 Å². The molecule has 0 saturated heterocycles. The standard InChI is InChI=1S/C14H19NO4/c1-14(2,3)19-13(17)18-12(16)9-11(15)10-7-5-4-6-8-10/h4-8,11H,9,15H2,1-3H3. The Bertz CT molecular complexity index is 437. The van der Waals surface area contributed by atoms with E-state index in [9.17, 15) is 9.59 Å². The van der Waals surface area contributed by atoms with Crippen LogP contribution >= 0.6 is 0 Å². The van der Waals surface area contributed by atoms with Gasteiger partial charge in [0.25, 0.3) is 0 Å². The van der Waals surface area contributed by atoms with Gasteiger partial charge in [0.15, 0.2) is 0 Å². The number of hydrogen-bond acceptors (Lipinski definition) is 5. The van der Waals surface area contributed by atoms with Crippen LogP contribution in [-0.2, 0) is 14.3 Å². The third-order valence-electron chi connectivity index (χ3n) is 2.20. The lowest BCUT2D eigenvalue weighted by atomic mass is 10.1. The molecule has 104 valence electrons. The van der Waals surface area contributed by atoms with Crippen molar-refractivity contribution in [1.29, 1.82) is 0 Å². The van der Waals surface area contributed by atoms with Crippen LogP contribution < -0.4 is 5.73 Å². The van der Waals surface area contributed by atoms with Crippen LogP contribution in [0.2, 0.25) is 0 Å². The fourth-order valence-corrected chi connectivity index (χ4v) is 1.40. The molecule has 0 heterocycles. The van der Waals surface area contributed by atoms with Gasteiger partial charge in [0.05, 0.1) is 6.42 Å². The molecule has 0 aromatic heterocycles. The van der Waals surface area contributed by atoms with Gasteiger partial charge in [0.2, 0.25) is 0 Å². The lowest BCUT2D eigenvalue weighted by Crippen LogP contribution is -2.27. The second-order valence-corrected chi connectivity index (χ2v) is 5.16. The van der Waals surface area contributed by atoms with Gasteiger partial charge in [-0.1, -0.05) is 30.3 Å². The van der Waals surface area contributed by atoms with E-state index in [4.69, 9.17) is 10.5 Å². The summed E-state index contributed by atoms with van der Waals surface area (Å²) in [6, 6.07) is 8.63. The predicted molar refractivity (Wildman–Crippen MR) is 70.3 cm³/mol. The van der Waals surface area contributed by atoms with E-state index in [0.29, 0.717) is 0 Å². The van der Waals surface area contributed by atoms with Crippen LogP contribution in [0.5, 0.6) is 0 Å². The van der Waals surface area contributed by atoms with Gasteiger partial charge in [0.1, 0.15) is 5.60 Å². The Hall–Kier alpha value is -1.88. The Kier molecular flexibility index (Phi) is 5.06. The molecule has 0 aliphatic rings. The molecule has 5 heteroatoms. The van der Waals surface area contributed by atoms with Gasteiger partial charge in [-0.2, -0.15) is 0 Å². The summed E-state index contributed by atoms with van der Waals surface area (Å²) in [5.41, 5.74) is 5.96. The fourth-order valence-electron chi connectivity index (χ4n) is 1.40. The van der Waals surface area contributed by atoms with Crippen molar-refractivity contribution in [3.8, 4) is 0 Å². The van der Waals surface area contributed by atoms with Gasteiger partial charge < -0.3 is 15.2 Å². The number of carbonyl (C=O) groups is 2. The fraction of sp³-hybridized carbons (Fsp3) is 0.429. The average Bonchev–Trinajstić information content (AvgIpc) is 2.27. The lowest BCUT2D eigenvalue weighted by Gasteiger charge is -2.18. The van der Waals surface area contributed by atoms with Gasteiger partial charge in [-0.25, -0.2) is 4.79 Å². The molecule has 0 radical (unpaired) electrons. The Morgan fingerprint density at radius 1 is 1.21 bits per heavy atom. The third kappa shape index (κ3) is 6.01. The lowest BCUT2D eigenvalue weighted by molar-refractivity contribution is -0.141. The van der Waals surface area contributed by atoms with E-state index in [1.165, 1.54) is 0 Å². The monoisotopic (exact) mass is 265 g/mol. The summed E-state index contributed by atoms with van der Waals surface area (Å²) in [7, 11) is 0. The quantitative estimate of drug-likeness (QED) is 0.671. The maximum atomic E-state index is 11.5. The maximum Gasteiger partial charge on any atom is 0.516 e. The van der Waals surface area contributed by atoms with E-state index in [1.54, 1.807) is 20.8 Å². The SMILES string of the molecule is CC(C)(C)OC(=O)OC(=O)CC(N)c1ccccc1. The van der Waals surface area contributed by atoms with Crippen molar-refractivity contribution in [2.24, 2.45) is 5.73 Å². The van der Waals surface area contributed by atoms with E-state index in [2.05, 4.69) is 4.74 Å². The molecule has 0 fully saturated rings. The normalized spacial score (nSPS) is 12.6. The Morgan fingerprint density at radius 3 is 2.32 bits per heavy atom. The first-order chi connectivity index (χ1) is 8.78. The highest BCUT2D eigenvalue weighted by Crippen LogP contribution is 2.15. The first kappa shape index (κ1) is 15.2. The maximum absolute atomic E-state index is 11.5. The molecular weight excluding hydrogens is 246 g/mol. The number of hydrogen-bond donors (Lipinski definition) is 1. The molecule has 0 amide bonds. The van der Waals surface area contributed by atoms with E-state index >= 15 is 0 Å². The van der Waals surface area contributed by atoms with Gasteiger partial charge in [-0.3, -0.25) is 4.79 Å². The van der Waals surface area contributed by atoms with Crippen LogP contribution in [0.1, 0.15) is 38.8 Å². The zero-order valence-electron chi connectivity index (χ0n) is 11.4. The second-order valence-electron chi connectivity index (χ2n) is 5.16. The molecule has 0 bridgehead atoms. The highest BCUT2D eigenvalue weighted by molar-refractivity contribution is 5.82. The van der Waals surface area contributed by atoms with Crippen molar-refractivity contribution < 1.29 is 19.1 Å². The number of esters is 1. The van der Waals surface area contributed by atoms with Crippen molar-refractivity contribution in [2.45, 2.75) is 38.8 Å². The van der Waals surface area contributed by atoms with Crippen LogP contribution in [0.15, 0.2) is 30.3 Å². The molecule has 5 nitrogen and oxygen atoms in total. The number of ether oxygens (including phenoxy) is 2. The van der Waals surface area contributed by atoms with Crippen LogP contribution in [0.4, 0.5) is 4.79 Å². The average molecular weight is 265 g/mol. The van der Waals surface area contributed by atoms with E-state index in [-0.39, 0.29) is 6.42 Å². The van der Waals surface area contributed by atoms with Crippen molar-refractivity contribution in [3.05, 3.63) is 35.9 Å². The van der Waals surface area contributed by atoms with E-state index in [0.717, 1.165) is 5.56 Å². The summed E-state index contributed by atoms with van der Waals surface area (Å²) in [5, 5.41) is 0. The third-order valence-corrected chi connectivity index (χ3v) is 2.20.